The zero-order valence-corrected chi connectivity index (χ0v) is 13.9. The Morgan fingerprint density at radius 1 is 0.762 bits per heavy atom. The predicted molar refractivity (Wildman–Crippen MR) is 90.3 cm³/mol. The van der Waals surface area contributed by atoms with Crippen LogP contribution in [0.5, 0.6) is 11.5 Å². The third-order valence-corrected chi connectivity index (χ3v) is 4.51. The second kappa shape index (κ2) is 9.49. The molecule has 112 valence electrons. The van der Waals surface area contributed by atoms with Crippen LogP contribution in [-0.4, -0.2) is 21.9 Å². The number of para-hydroxylation sites is 2. The number of hydrogen-bond donors (Lipinski definition) is 1. The van der Waals surface area contributed by atoms with Crippen LogP contribution < -0.4 is 8.85 Å². The first kappa shape index (κ1) is 15.9. The molecule has 5 heteroatoms. The molecular weight excluding hydrogens is 300 g/mol. The summed E-state index contributed by atoms with van der Waals surface area (Å²) >= 11 is 4.20. The van der Waals surface area contributed by atoms with E-state index >= 15 is 0 Å². The van der Waals surface area contributed by atoms with E-state index in [1.54, 1.807) is 0 Å². The molecule has 3 nitrogen and oxygen atoms in total. The standard InChI is InChI=1S/C16H20O3SSi/c20-14-8-7-13-17-21(18-15-9-3-1-4-10-15)19-16-11-5-2-6-12-16/h1-6,9-12,20-21H,7-8,13-14H2. The van der Waals surface area contributed by atoms with E-state index in [-0.39, 0.29) is 0 Å². The Morgan fingerprint density at radius 3 is 1.76 bits per heavy atom. The molecule has 0 bridgehead atoms. The highest BCUT2D eigenvalue weighted by atomic mass is 32.1. The fraction of sp³-hybridized carbons (Fsp3) is 0.250. The van der Waals surface area contributed by atoms with Gasteiger partial charge in [-0.15, -0.1) is 0 Å². The van der Waals surface area contributed by atoms with Crippen LogP contribution in [0, 0.1) is 0 Å². The van der Waals surface area contributed by atoms with E-state index in [1.165, 1.54) is 0 Å². The van der Waals surface area contributed by atoms with Crippen molar-refractivity contribution in [3.8, 4) is 11.5 Å². The molecule has 0 aromatic heterocycles. The van der Waals surface area contributed by atoms with Crippen molar-refractivity contribution in [3.05, 3.63) is 60.7 Å². The second-order valence-electron chi connectivity index (χ2n) is 4.45. The first-order valence-electron chi connectivity index (χ1n) is 7.04. The van der Waals surface area contributed by atoms with Crippen LogP contribution in [0.4, 0.5) is 0 Å². The van der Waals surface area contributed by atoms with Gasteiger partial charge in [0.05, 0.1) is 0 Å². The Kier molecular flexibility index (Phi) is 7.21. The Morgan fingerprint density at radius 2 is 1.29 bits per heavy atom. The summed E-state index contributed by atoms with van der Waals surface area (Å²) in [7, 11) is -2.25. The molecule has 0 fully saturated rings. The van der Waals surface area contributed by atoms with Gasteiger partial charge in [-0.25, -0.2) is 0 Å². The van der Waals surface area contributed by atoms with Crippen molar-refractivity contribution in [1.82, 2.24) is 0 Å². The first-order valence-corrected chi connectivity index (χ1v) is 9.09. The van der Waals surface area contributed by atoms with Gasteiger partial charge >= 0.3 is 9.53 Å². The maximum atomic E-state index is 5.87. The van der Waals surface area contributed by atoms with Crippen molar-refractivity contribution < 1.29 is 13.3 Å². The van der Waals surface area contributed by atoms with E-state index in [1.807, 2.05) is 60.7 Å². The Bertz CT molecular complexity index is 454. The maximum Gasteiger partial charge on any atom is 0.615 e. The van der Waals surface area contributed by atoms with Gasteiger partial charge in [0.25, 0.3) is 0 Å². The molecule has 2 aromatic carbocycles. The van der Waals surface area contributed by atoms with Crippen molar-refractivity contribution in [2.45, 2.75) is 12.8 Å². The summed E-state index contributed by atoms with van der Waals surface area (Å²) in [5.41, 5.74) is 0. The smallest absolute Gasteiger partial charge is 0.494 e. The monoisotopic (exact) mass is 320 g/mol. The first-order chi connectivity index (χ1) is 10.4. The number of thiol groups is 1. The molecule has 0 amide bonds. The summed E-state index contributed by atoms with van der Waals surface area (Å²) in [4.78, 5) is 0. The highest BCUT2D eigenvalue weighted by Gasteiger charge is 2.19. The maximum absolute atomic E-state index is 5.87. The number of rotatable bonds is 9. The normalized spacial score (nSPS) is 10.6. The van der Waals surface area contributed by atoms with E-state index in [4.69, 9.17) is 13.3 Å². The minimum atomic E-state index is -2.25. The van der Waals surface area contributed by atoms with Crippen LogP contribution >= 0.6 is 12.6 Å². The number of hydrogen-bond acceptors (Lipinski definition) is 4. The fourth-order valence-electron chi connectivity index (χ4n) is 1.71. The second-order valence-corrected chi connectivity index (χ2v) is 6.28. The third-order valence-electron chi connectivity index (χ3n) is 2.76. The van der Waals surface area contributed by atoms with Crippen molar-refractivity contribution >= 4 is 22.2 Å². The third kappa shape index (κ3) is 6.24. The highest BCUT2D eigenvalue weighted by Crippen LogP contribution is 2.15. The number of benzene rings is 2. The Hall–Kier alpha value is -1.43. The molecule has 0 radical (unpaired) electrons. The molecule has 0 aliphatic carbocycles. The van der Waals surface area contributed by atoms with Gasteiger partial charge in [-0.05, 0) is 42.9 Å². The minimum Gasteiger partial charge on any atom is -0.494 e. The lowest BCUT2D eigenvalue weighted by Crippen LogP contribution is -2.34. The fourth-order valence-corrected chi connectivity index (χ4v) is 3.23. The lowest BCUT2D eigenvalue weighted by molar-refractivity contribution is 0.198. The molecule has 0 saturated heterocycles. The minimum absolute atomic E-state index is 0.636. The average molecular weight is 320 g/mol. The van der Waals surface area contributed by atoms with Crippen molar-refractivity contribution in [3.63, 3.8) is 0 Å². The molecule has 0 unspecified atom stereocenters. The summed E-state index contributed by atoms with van der Waals surface area (Å²) in [5, 5.41) is 0. The van der Waals surface area contributed by atoms with Gasteiger partial charge in [0.1, 0.15) is 11.5 Å². The summed E-state index contributed by atoms with van der Waals surface area (Å²) in [6, 6.07) is 19.3. The van der Waals surface area contributed by atoms with Crippen LogP contribution in [0.3, 0.4) is 0 Å². The Balaban J connectivity index is 1.93. The molecule has 2 aromatic rings. The quantitative estimate of drug-likeness (QED) is 0.435. The summed E-state index contributed by atoms with van der Waals surface area (Å²) in [6.45, 7) is 0.636. The number of unbranched alkanes of at least 4 members (excludes halogenated alkanes) is 1. The molecule has 0 N–H and O–H groups in total. The summed E-state index contributed by atoms with van der Waals surface area (Å²) in [6.07, 6.45) is 1.99. The SMILES string of the molecule is SCCCCO[SiH](Oc1ccccc1)Oc1ccccc1. The van der Waals surface area contributed by atoms with Gasteiger partial charge in [0.2, 0.25) is 0 Å². The topological polar surface area (TPSA) is 27.7 Å². The molecule has 0 aliphatic heterocycles. The van der Waals surface area contributed by atoms with Crippen LogP contribution in [0.25, 0.3) is 0 Å². The van der Waals surface area contributed by atoms with E-state index in [0.29, 0.717) is 6.61 Å². The lowest BCUT2D eigenvalue weighted by atomic mass is 10.3. The highest BCUT2D eigenvalue weighted by molar-refractivity contribution is 7.80. The average Bonchev–Trinajstić information content (AvgIpc) is 2.53. The molecule has 0 atom stereocenters. The van der Waals surface area contributed by atoms with Gasteiger partial charge in [-0.2, -0.15) is 12.6 Å². The van der Waals surface area contributed by atoms with Gasteiger partial charge in [-0.1, -0.05) is 36.4 Å². The van der Waals surface area contributed by atoms with Gasteiger partial charge in [0, 0.05) is 6.61 Å². The predicted octanol–water partition coefficient (Wildman–Crippen LogP) is 3.59. The van der Waals surface area contributed by atoms with Crippen LogP contribution in [0.1, 0.15) is 12.8 Å². The van der Waals surface area contributed by atoms with E-state index < -0.39 is 9.53 Å². The molecule has 0 spiro atoms. The lowest BCUT2D eigenvalue weighted by Gasteiger charge is -2.18. The largest absolute Gasteiger partial charge is 0.615 e. The molecule has 2 rings (SSSR count). The van der Waals surface area contributed by atoms with Crippen molar-refractivity contribution in [2.24, 2.45) is 0 Å². The van der Waals surface area contributed by atoms with Crippen LogP contribution in [-0.2, 0) is 4.43 Å². The van der Waals surface area contributed by atoms with E-state index in [9.17, 15) is 0 Å². The summed E-state index contributed by atoms with van der Waals surface area (Å²) in [5.74, 6) is 2.42. The molecule has 0 heterocycles. The van der Waals surface area contributed by atoms with Gasteiger partial charge in [0.15, 0.2) is 0 Å². The van der Waals surface area contributed by atoms with Crippen LogP contribution in [0.15, 0.2) is 60.7 Å². The van der Waals surface area contributed by atoms with E-state index in [2.05, 4.69) is 12.6 Å². The Labute approximate surface area is 133 Å². The van der Waals surface area contributed by atoms with E-state index in [0.717, 1.165) is 30.1 Å². The van der Waals surface area contributed by atoms with Gasteiger partial charge < -0.3 is 13.3 Å². The molecule has 0 aliphatic rings. The molecular formula is C16H20O3SSi. The molecule has 21 heavy (non-hydrogen) atoms. The zero-order chi connectivity index (χ0) is 14.8. The summed E-state index contributed by atoms with van der Waals surface area (Å²) < 4.78 is 17.6. The van der Waals surface area contributed by atoms with Crippen molar-refractivity contribution in [1.29, 1.82) is 0 Å². The van der Waals surface area contributed by atoms with Crippen molar-refractivity contribution in [2.75, 3.05) is 12.4 Å². The van der Waals surface area contributed by atoms with Gasteiger partial charge in [-0.3, -0.25) is 0 Å². The molecule has 0 saturated carbocycles. The zero-order valence-electron chi connectivity index (χ0n) is 11.9. The van der Waals surface area contributed by atoms with Crippen LogP contribution in [0.2, 0.25) is 0 Å².